The molecule has 35 heavy (non-hydrogen) atoms. The van der Waals surface area contributed by atoms with Gasteiger partial charge in [0.05, 0.1) is 5.56 Å². The van der Waals surface area contributed by atoms with E-state index in [1.807, 2.05) is 26.0 Å². The Morgan fingerprint density at radius 1 is 0.886 bits per heavy atom. The van der Waals surface area contributed by atoms with Gasteiger partial charge in [-0.2, -0.15) is 0 Å². The molecule has 1 heterocycles. The Hall–Kier alpha value is -4.52. The predicted molar refractivity (Wildman–Crippen MR) is 132 cm³/mol. The van der Waals surface area contributed by atoms with Crippen molar-refractivity contribution in [1.29, 1.82) is 0 Å². The lowest BCUT2D eigenvalue weighted by atomic mass is 9.94. The van der Waals surface area contributed by atoms with Crippen LogP contribution in [0.2, 0.25) is 0 Å². The maximum atomic E-state index is 13.3. The molecule has 1 aromatic heterocycles. The van der Waals surface area contributed by atoms with Crippen molar-refractivity contribution >= 4 is 34.3 Å². The highest BCUT2D eigenvalue weighted by Crippen LogP contribution is 2.23. The molecule has 0 aliphatic carbocycles. The fourth-order valence-electron chi connectivity index (χ4n) is 3.84. The molecule has 4 aromatic rings. The number of hydrogen-bond acceptors (Lipinski definition) is 6. The van der Waals surface area contributed by atoms with Crippen LogP contribution < -0.4 is 10.9 Å². The van der Waals surface area contributed by atoms with E-state index in [2.05, 4.69) is 5.32 Å². The smallest absolute Gasteiger partial charge is 0.339 e. The van der Waals surface area contributed by atoms with Gasteiger partial charge in [0.25, 0.3) is 0 Å². The van der Waals surface area contributed by atoms with Crippen molar-refractivity contribution in [3.8, 4) is 0 Å². The molecular weight excluding hydrogens is 446 g/mol. The molecule has 0 bridgehead atoms. The second-order valence-electron chi connectivity index (χ2n) is 8.25. The lowest BCUT2D eigenvalue weighted by Crippen LogP contribution is -2.14. The van der Waals surface area contributed by atoms with E-state index in [9.17, 15) is 19.2 Å². The van der Waals surface area contributed by atoms with Crippen LogP contribution >= 0.6 is 0 Å². The Morgan fingerprint density at radius 3 is 2.37 bits per heavy atom. The third kappa shape index (κ3) is 5.19. The number of rotatable bonds is 6. The number of carbonyl (C=O) groups is 3. The number of anilines is 1. The van der Waals surface area contributed by atoms with Gasteiger partial charge in [-0.25, -0.2) is 9.59 Å². The number of benzene rings is 3. The standard InChI is InChI=1S/C28H23NO6/c1-16-8-9-17(2)24(12-16)27(32)22-6-4-5-7-23(22)28(33)34-15-19-13-26(31)35-25-14-20(29-18(3)30)10-11-21(19)25/h4-14H,15H2,1-3H3,(H,29,30). The van der Waals surface area contributed by atoms with Crippen LogP contribution in [-0.2, 0) is 16.1 Å². The molecule has 3 aromatic carbocycles. The van der Waals surface area contributed by atoms with E-state index in [4.69, 9.17) is 9.15 Å². The van der Waals surface area contributed by atoms with E-state index in [0.29, 0.717) is 22.2 Å². The highest BCUT2D eigenvalue weighted by atomic mass is 16.5. The molecule has 0 spiro atoms. The zero-order valence-electron chi connectivity index (χ0n) is 19.5. The van der Waals surface area contributed by atoms with Crippen LogP contribution in [0.4, 0.5) is 5.69 Å². The first kappa shape index (κ1) is 23.6. The van der Waals surface area contributed by atoms with Gasteiger partial charge in [0, 0.05) is 46.8 Å². The minimum Gasteiger partial charge on any atom is -0.457 e. The van der Waals surface area contributed by atoms with Crippen LogP contribution in [0, 0.1) is 13.8 Å². The van der Waals surface area contributed by atoms with E-state index in [-0.39, 0.29) is 35.0 Å². The molecule has 0 aliphatic heterocycles. The van der Waals surface area contributed by atoms with Gasteiger partial charge in [-0.05, 0) is 43.7 Å². The van der Waals surface area contributed by atoms with Gasteiger partial charge in [-0.15, -0.1) is 0 Å². The predicted octanol–water partition coefficient (Wildman–Crippen LogP) is 4.96. The van der Waals surface area contributed by atoms with Crippen LogP contribution in [-0.4, -0.2) is 17.7 Å². The number of ether oxygens (including phenoxy) is 1. The van der Waals surface area contributed by atoms with E-state index in [1.54, 1.807) is 36.4 Å². The van der Waals surface area contributed by atoms with E-state index in [0.717, 1.165) is 11.1 Å². The lowest BCUT2D eigenvalue weighted by Gasteiger charge is -2.12. The molecule has 1 amide bonds. The summed E-state index contributed by atoms with van der Waals surface area (Å²) in [4.78, 5) is 49.6. The maximum Gasteiger partial charge on any atom is 0.339 e. The zero-order valence-corrected chi connectivity index (χ0v) is 19.5. The fraction of sp³-hybridized carbons (Fsp3) is 0.143. The Labute approximate surface area is 201 Å². The molecule has 0 fully saturated rings. The average Bonchev–Trinajstić information content (AvgIpc) is 2.82. The third-order valence-corrected chi connectivity index (χ3v) is 5.54. The summed E-state index contributed by atoms with van der Waals surface area (Å²) >= 11 is 0. The van der Waals surface area contributed by atoms with Gasteiger partial charge in [-0.3, -0.25) is 9.59 Å². The third-order valence-electron chi connectivity index (χ3n) is 5.54. The number of fused-ring (bicyclic) bond motifs is 1. The first-order chi connectivity index (χ1) is 16.7. The molecule has 7 heteroatoms. The highest BCUT2D eigenvalue weighted by molar-refractivity contribution is 6.15. The molecule has 0 saturated carbocycles. The SMILES string of the molecule is CC(=O)Nc1ccc2c(COC(=O)c3ccccc3C(=O)c3cc(C)ccc3C)cc(=O)oc2c1. The Balaban J connectivity index is 1.61. The zero-order chi connectivity index (χ0) is 25.1. The average molecular weight is 469 g/mol. The topological polar surface area (TPSA) is 103 Å². The van der Waals surface area contributed by atoms with Crippen molar-refractivity contribution in [1.82, 2.24) is 0 Å². The van der Waals surface area contributed by atoms with Gasteiger partial charge >= 0.3 is 11.6 Å². The molecule has 1 N–H and O–H groups in total. The van der Waals surface area contributed by atoms with Crippen LogP contribution in [0.15, 0.2) is 75.9 Å². The first-order valence-corrected chi connectivity index (χ1v) is 11.0. The monoisotopic (exact) mass is 469 g/mol. The van der Waals surface area contributed by atoms with Gasteiger partial charge in [0.15, 0.2) is 5.78 Å². The van der Waals surface area contributed by atoms with E-state index < -0.39 is 11.6 Å². The van der Waals surface area contributed by atoms with Crippen LogP contribution in [0.5, 0.6) is 0 Å². The minimum absolute atomic E-state index is 0.138. The molecule has 0 saturated heterocycles. The van der Waals surface area contributed by atoms with Gasteiger partial charge in [0.2, 0.25) is 5.91 Å². The lowest BCUT2D eigenvalue weighted by molar-refractivity contribution is -0.114. The van der Waals surface area contributed by atoms with Crippen LogP contribution in [0.3, 0.4) is 0 Å². The van der Waals surface area contributed by atoms with Crippen molar-refractivity contribution < 1.29 is 23.5 Å². The molecular formula is C28H23NO6. The van der Waals surface area contributed by atoms with Crippen molar-refractivity contribution in [3.05, 3.63) is 111 Å². The Morgan fingerprint density at radius 2 is 1.63 bits per heavy atom. The molecule has 0 unspecified atom stereocenters. The summed E-state index contributed by atoms with van der Waals surface area (Å²) in [5.74, 6) is -1.21. The van der Waals surface area contributed by atoms with Crippen molar-refractivity contribution in [3.63, 3.8) is 0 Å². The van der Waals surface area contributed by atoms with Gasteiger partial charge in [-0.1, -0.05) is 35.9 Å². The quantitative estimate of drug-likeness (QED) is 0.243. The minimum atomic E-state index is -0.685. The number of carbonyl (C=O) groups excluding carboxylic acids is 3. The van der Waals surface area contributed by atoms with Crippen molar-refractivity contribution in [2.24, 2.45) is 0 Å². The summed E-state index contributed by atoms with van der Waals surface area (Å²) < 4.78 is 10.8. The summed E-state index contributed by atoms with van der Waals surface area (Å²) in [7, 11) is 0. The fourth-order valence-corrected chi connectivity index (χ4v) is 3.84. The van der Waals surface area contributed by atoms with Crippen molar-refractivity contribution in [2.45, 2.75) is 27.4 Å². The van der Waals surface area contributed by atoms with E-state index >= 15 is 0 Å². The summed E-state index contributed by atoms with van der Waals surface area (Å²) in [5.41, 5.74) is 3.20. The van der Waals surface area contributed by atoms with E-state index in [1.165, 1.54) is 25.1 Å². The molecule has 7 nitrogen and oxygen atoms in total. The number of hydrogen-bond donors (Lipinski definition) is 1. The molecule has 4 rings (SSSR count). The highest BCUT2D eigenvalue weighted by Gasteiger charge is 2.21. The van der Waals surface area contributed by atoms with Gasteiger partial charge in [0.1, 0.15) is 12.2 Å². The molecule has 0 atom stereocenters. The number of ketones is 1. The van der Waals surface area contributed by atoms with Gasteiger partial charge < -0.3 is 14.5 Å². The number of esters is 1. The molecule has 0 radical (unpaired) electrons. The largest absolute Gasteiger partial charge is 0.457 e. The summed E-state index contributed by atoms with van der Waals surface area (Å²) in [6.45, 7) is 4.92. The summed E-state index contributed by atoms with van der Waals surface area (Å²) in [6.07, 6.45) is 0. The number of nitrogens with one attached hydrogen (secondary N) is 1. The molecule has 176 valence electrons. The van der Waals surface area contributed by atoms with Crippen molar-refractivity contribution in [2.75, 3.05) is 5.32 Å². The first-order valence-electron chi connectivity index (χ1n) is 11.0. The maximum absolute atomic E-state index is 13.3. The second kappa shape index (κ2) is 9.77. The molecule has 0 aliphatic rings. The second-order valence-corrected chi connectivity index (χ2v) is 8.25. The van der Waals surface area contributed by atoms with Crippen LogP contribution in [0.25, 0.3) is 11.0 Å². The summed E-state index contributed by atoms with van der Waals surface area (Å²) in [6, 6.07) is 18.2. The number of aryl methyl sites for hydroxylation is 2. The number of amides is 1. The van der Waals surface area contributed by atoms with Crippen LogP contribution in [0.1, 0.15) is 49.9 Å². The normalized spacial score (nSPS) is 10.7. The Bertz CT molecular complexity index is 1530. The Kier molecular flexibility index (Phi) is 6.59. The summed E-state index contributed by atoms with van der Waals surface area (Å²) in [5, 5.41) is 3.19.